The van der Waals surface area contributed by atoms with Crippen LogP contribution in [0.1, 0.15) is 18.1 Å². The van der Waals surface area contributed by atoms with Crippen molar-refractivity contribution in [2.24, 2.45) is 5.73 Å². The maximum absolute atomic E-state index is 11.5. The molecule has 0 saturated heterocycles. The Kier molecular flexibility index (Phi) is 3.52. The molecule has 1 atom stereocenters. The maximum atomic E-state index is 11.5. The summed E-state index contributed by atoms with van der Waals surface area (Å²) in [5.41, 5.74) is 7.43. The SMILES string of the molecule is Cc1ccc(CC(C)N)c(S(C)(=O)=O)c1. The van der Waals surface area contributed by atoms with E-state index in [1.54, 1.807) is 6.07 Å². The number of aryl methyl sites for hydroxylation is 1. The van der Waals surface area contributed by atoms with Crippen LogP contribution in [0.3, 0.4) is 0 Å². The molecule has 84 valence electrons. The van der Waals surface area contributed by atoms with Crippen LogP contribution in [-0.4, -0.2) is 20.7 Å². The summed E-state index contributed by atoms with van der Waals surface area (Å²) in [5.74, 6) is 0. The normalized spacial score (nSPS) is 13.9. The molecule has 0 aliphatic carbocycles. The minimum absolute atomic E-state index is 0.0341. The van der Waals surface area contributed by atoms with Gasteiger partial charge in [-0.05, 0) is 37.5 Å². The molecular formula is C11H17NO2S. The molecule has 0 radical (unpaired) electrons. The van der Waals surface area contributed by atoms with Crippen molar-refractivity contribution in [3.8, 4) is 0 Å². The molecule has 0 amide bonds. The minimum atomic E-state index is -3.16. The summed E-state index contributed by atoms with van der Waals surface area (Å²) in [4.78, 5) is 0.403. The molecule has 0 saturated carbocycles. The van der Waals surface area contributed by atoms with Crippen molar-refractivity contribution in [3.05, 3.63) is 29.3 Å². The molecule has 0 aliphatic heterocycles. The lowest BCUT2D eigenvalue weighted by molar-refractivity contribution is 0.599. The molecule has 0 fully saturated rings. The molecule has 1 unspecified atom stereocenters. The third kappa shape index (κ3) is 3.32. The maximum Gasteiger partial charge on any atom is 0.175 e. The largest absolute Gasteiger partial charge is 0.328 e. The Morgan fingerprint density at radius 2 is 2.00 bits per heavy atom. The molecule has 0 heterocycles. The number of sulfone groups is 1. The highest BCUT2D eigenvalue weighted by Crippen LogP contribution is 2.18. The van der Waals surface area contributed by atoms with Crippen LogP contribution < -0.4 is 5.73 Å². The van der Waals surface area contributed by atoms with Gasteiger partial charge in [-0.1, -0.05) is 12.1 Å². The average Bonchev–Trinajstić information content (AvgIpc) is 2.05. The van der Waals surface area contributed by atoms with E-state index in [2.05, 4.69) is 0 Å². The first-order chi connectivity index (χ1) is 6.80. The van der Waals surface area contributed by atoms with E-state index in [4.69, 9.17) is 5.73 Å². The zero-order valence-electron chi connectivity index (χ0n) is 9.32. The Labute approximate surface area is 91.2 Å². The molecule has 1 aromatic rings. The topological polar surface area (TPSA) is 60.2 Å². The molecule has 0 aliphatic rings. The van der Waals surface area contributed by atoms with Gasteiger partial charge in [-0.2, -0.15) is 0 Å². The van der Waals surface area contributed by atoms with Crippen molar-refractivity contribution in [2.45, 2.75) is 31.2 Å². The van der Waals surface area contributed by atoms with Crippen LogP contribution >= 0.6 is 0 Å². The van der Waals surface area contributed by atoms with Gasteiger partial charge in [0.05, 0.1) is 4.90 Å². The van der Waals surface area contributed by atoms with E-state index in [0.29, 0.717) is 11.3 Å². The number of hydrogen-bond acceptors (Lipinski definition) is 3. The summed E-state index contributed by atoms with van der Waals surface area (Å²) in [6.07, 6.45) is 1.81. The van der Waals surface area contributed by atoms with Crippen molar-refractivity contribution in [1.29, 1.82) is 0 Å². The van der Waals surface area contributed by atoms with Gasteiger partial charge >= 0.3 is 0 Å². The molecule has 0 bridgehead atoms. The van der Waals surface area contributed by atoms with Crippen LogP contribution in [0.25, 0.3) is 0 Å². The third-order valence-corrected chi connectivity index (χ3v) is 3.34. The number of rotatable bonds is 3. The molecule has 1 aromatic carbocycles. The summed E-state index contributed by atoms with van der Waals surface area (Å²) >= 11 is 0. The Hall–Kier alpha value is -0.870. The van der Waals surface area contributed by atoms with Gasteiger partial charge in [0, 0.05) is 12.3 Å². The summed E-state index contributed by atoms with van der Waals surface area (Å²) < 4.78 is 23.1. The summed E-state index contributed by atoms with van der Waals surface area (Å²) in [5, 5.41) is 0. The minimum Gasteiger partial charge on any atom is -0.328 e. The van der Waals surface area contributed by atoms with Crippen LogP contribution in [0, 0.1) is 6.92 Å². The highest BCUT2D eigenvalue weighted by Gasteiger charge is 2.14. The molecule has 4 heteroatoms. The van der Waals surface area contributed by atoms with Gasteiger partial charge in [-0.3, -0.25) is 0 Å². The Balaban J connectivity index is 3.27. The second kappa shape index (κ2) is 4.33. The zero-order valence-corrected chi connectivity index (χ0v) is 10.1. The third-order valence-electron chi connectivity index (χ3n) is 2.16. The smallest absolute Gasteiger partial charge is 0.175 e. The van der Waals surface area contributed by atoms with Gasteiger partial charge in [-0.15, -0.1) is 0 Å². The first-order valence-corrected chi connectivity index (χ1v) is 6.75. The van der Waals surface area contributed by atoms with E-state index in [-0.39, 0.29) is 6.04 Å². The van der Waals surface area contributed by atoms with Crippen LogP contribution in [0.4, 0.5) is 0 Å². The average molecular weight is 227 g/mol. The van der Waals surface area contributed by atoms with Crippen LogP contribution in [0.15, 0.2) is 23.1 Å². The first kappa shape index (κ1) is 12.2. The molecular weight excluding hydrogens is 210 g/mol. The summed E-state index contributed by atoms with van der Waals surface area (Å²) in [6, 6.07) is 5.42. The van der Waals surface area contributed by atoms with Gasteiger partial charge in [0.15, 0.2) is 9.84 Å². The summed E-state index contributed by atoms with van der Waals surface area (Å²) in [6.45, 7) is 3.75. The van der Waals surface area contributed by atoms with E-state index < -0.39 is 9.84 Å². The fourth-order valence-corrected chi connectivity index (χ4v) is 2.55. The van der Waals surface area contributed by atoms with Crippen molar-refractivity contribution in [1.82, 2.24) is 0 Å². The second-order valence-electron chi connectivity index (χ2n) is 4.06. The zero-order chi connectivity index (χ0) is 11.6. The van der Waals surface area contributed by atoms with Gasteiger partial charge < -0.3 is 5.73 Å². The van der Waals surface area contributed by atoms with Crippen molar-refractivity contribution in [2.75, 3.05) is 6.26 Å². The Morgan fingerprint density at radius 3 is 2.47 bits per heavy atom. The van der Waals surface area contributed by atoms with E-state index in [0.717, 1.165) is 11.1 Å². The van der Waals surface area contributed by atoms with E-state index in [9.17, 15) is 8.42 Å². The molecule has 0 spiro atoms. The van der Waals surface area contributed by atoms with E-state index >= 15 is 0 Å². The predicted molar refractivity (Wildman–Crippen MR) is 61.6 cm³/mol. The van der Waals surface area contributed by atoms with E-state index in [1.165, 1.54) is 6.26 Å². The van der Waals surface area contributed by atoms with Crippen molar-refractivity contribution < 1.29 is 8.42 Å². The van der Waals surface area contributed by atoms with Gasteiger partial charge in [0.1, 0.15) is 0 Å². The number of hydrogen-bond donors (Lipinski definition) is 1. The lowest BCUT2D eigenvalue weighted by Crippen LogP contribution is -2.19. The van der Waals surface area contributed by atoms with Gasteiger partial charge in [-0.25, -0.2) is 8.42 Å². The second-order valence-corrected chi connectivity index (χ2v) is 6.05. The molecule has 3 nitrogen and oxygen atoms in total. The number of nitrogens with two attached hydrogens (primary N) is 1. The quantitative estimate of drug-likeness (QED) is 0.846. The highest BCUT2D eigenvalue weighted by atomic mass is 32.2. The molecule has 15 heavy (non-hydrogen) atoms. The van der Waals surface area contributed by atoms with E-state index in [1.807, 2.05) is 26.0 Å². The van der Waals surface area contributed by atoms with Crippen LogP contribution in [0.2, 0.25) is 0 Å². The van der Waals surface area contributed by atoms with Crippen molar-refractivity contribution in [3.63, 3.8) is 0 Å². The van der Waals surface area contributed by atoms with Gasteiger partial charge in [0.25, 0.3) is 0 Å². The van der Waals surface area contributed by atoms with Crippen LogP contribution in [0.5, 0.6) is 0 Å². The van der Waals surface area contributed by atoms with Crippen molar-refractivity contribution >= 4 is 9.84 Å². The Morgan fingerprint density at radius 1 is 1.40 bits per heavy atom. The molecule has 0 aromatic heterocycles. The highest BCUT2D eigenvalue weighted by molar-refractivity contribution is 7.90. The molecule has 2 N–H and O–H groups in total. The predicted octanol–water partition coefficient (Wildman–Crippen LogP) is 1.29. The molecule has 1 rings (SSSR count). The van der Waals surface area contributed by atoms with Gasteiger partial charge in [0.2, 0.25) is 0 Å². The lowest BCUT2D eigenvalue weighted by atomic mass is 10.1. The fourth-order valence-electron chi connectivity index (χ4n) is 1.52. The first-order valence-electron chi connectivity index (χ1n) is 4.86. The lowest BCUT2D eigenvalue weighted by Gasteiger charge is -2.11. The monoisotopic (exact) mass is 227 g/mol. The standard InChI is InChI=1S/C11H17NO2S/c1-8-4-5-10(7-9(2)12)11(6-8)15(3,13)14/h4-6,9H,7,12H2,1-3H3. The summed E-state index contributed by atoms with van der Waals surface area (Å²) in [7, 11) is -3.16. The fraction of sp³-hybridized carbons (Fsp3) is 0.455. The van der Waals surface area contributed by atoms with Crippen LogP contribution in [-0.2, 0) is 16.3 Å². The number of benzene rings is 1. The Bertz CT molecular complexity index is 450.